The number of methoxy groups -OCH3 is 1. The highest BCUT2D eigenvalue weighted by molar-refractivity contribution is 5.97. The summed E-state index contributed by atoms with van der Waals surface area (Å²) in [4.78, 5) is 23.1. The maximum absolute atomic E-state index is 12.1. The number of carbonyl (C=O) groups is 2. The van der Waals surface area contributed by atoms with Crippen LogP contribution in [-0.2, 0) is 6.54 Å². The normalized spacial score (nSPS) is 9.95. The van der Waals surface area contributed by atoms with Gasteiger partial charge in [-0.15, -0.1) is 0 Å². The molecule has 0 heterocycles. The van der Waals surface area contributed by atoms with E-state index in [1.165, 1.54) is 7.11 Å². The van der Waals surface area contributed by atoms with Crippen molar-refractivity contribution in [3.63, 3.8) is 0 Å². The summed E-state index contributed by atoms with van der Waals surface area (Å²) in [5, 5.41) is 2.80. The Labute approximate surface area is 122 Å². The number of rotatable bonds is 5. The molecule has 0 radical (unpaired) electrons. The molecule has 2 aromatic carbocycles. The Balaban J connectivity index is 2.02. The van der Waals surface area contributed by atoms with Crippen molar-refractivity contribution < 1.29 is 14.3 Å². The van der Waals surface area contributed by atoms with Crippen molar-refractivity contribution in [3.05, 3.63) is 65.2 Å². The third-order valence-corrected chi connectivity index (χ3v) is 3.04. The van der Waals surface area contributed by atoms with Gasteiger partial charge in [0.25, 0.3) is 5.91 Å². The van der Waals surface area contributed by atoms with Crippen LogP contribution in [0.15, 0.2) is 48.5 Å². The van der Waals surface area contributed by atoms with Crippen molar-refractivity contribution in [3.8, 4) is 5.75 Å². The van der Waals surface area contributed by atoms with Crippen LogP contribution in [0.3, 0.4) is 0 Å². The van der Waals surface area contributed by atoms with Gasteiger partial charge in [0.1, 0.15) is 5.75 Å². The zero-order valence-electron chi connectivity index (χ0n) is 11.6. The first kappa shape index (κ1) is 14.6. The van der Waals surface area contributed by atoms with Crippen molar-refractivity contribution in [2.24, 2.45) is 5.73 Å². The zero-order chi connectivity index (χ0) is 15.2. The number of carbonyl (C=O) groups excluding carboxylic acids is 2. The van der Waals surface area contributed by atoms with Gasteiger partial charge in [-0.3, -0.25) is 9.59 Å². The summed E-state index contributed by atoms with van der Waals surface area (Å²) in [7, 11) is 1.52. The third kappa shape index (κ3) is 3.60. The summed E-state index contributed by atoms with van der Waals surface area (Å²) in [5.74, 6) is -0.162. The number of hydrogen-bond donors (Lipinski definition) is 2. The number of para-hydroxylation sites is 1. The second kappa shape index (κ2) is 6.56. The van der Waals surface area contributed by atoms with E-state index in [1.807, 2.05) is 0 Å². The molecule has 0 aliphatic carbocycles. The number of nitrogens with two attached hydrogens (primary N) is 1. The molecule has 0 saturated carbocycles. The molecule has 21 heavy (non-hydrogen) atoms. The fourth-order valence-electron chi connectivity index (χ4n) is 1.90. The number of ether oxygens (including phenoxy) is 1. The van der Waals surface area contributed by atoms with E-state index in [0.717, 1.165) is 5.56 Å². The average Bonchev–Trinajstić information content (AvgIpc) is 2.52. The molecule has 5 nitrogen and oxygen atoms in total. The van der Waals surface area contributed by atoms with Crippen LogP contribution >= 0.6 is 0 Å². The fraction of sp³-hybridized carbons (Fsp3) is 0.125. The molecule has 2 rings (SSSR count). The Morgan fingerprint density at radius 2 is 1.76 bits per heavy atom. The highest BCUT2D eigenvalue weighted by Gasteiger charge is 2.10. The highest BCUT2D eigenvalue weighted by Crippen LogP contribution is 2.17. The van der Waals surface area contributed by atoms with Crippen molar-refractivity contribution in [2.75, 3.05) is 7.11 Å². The number of benzene rings is 2. The summed E-state index contributed by atoms with van der Waals surface area (Å²) in [6, 6.07) is 13.8. The molecule has 3 N–H and O–H groups in total. The molecular formula is C16H16N2O3. The minimum Gasteiger partial charge on any atom is -0.496 e. The molecule has 0 atom stereocenters. The van der Waals surface area contributed by atoms with Crippen LogP contribution in [0.25, 0.3) is 0 Å². The average molecular weight is 284 g/mol. The number of nitrogens with one attached hydrogen (secondary N) is 1. The minimum atomic E-state index is -0.473. The topological polar surface area (TPSA) is 81.4 Å². The van der Waals surface area contributed by atoms with Gasteiger partial charge in [0.2, 0.25) is 5.91 Å². The van der Waals surface area contributed by atoms with E-state index in [2.05, 4.69) is 5.32 Å². The number of amides is 2. The number of hydrogen-bond acceptors (Lipinski definition) is 3. The summed E-state index contributed by atoms with van der Waals surface area (Å²) < 4.78 is 5.15. The van der Waals surface area contributed by atoms with Gasteiger partial charge in [-0.2, -0.15) is 0 Å². The van der Waals surface area contributed by atoms with Gasteiger partial charge in [0.05, 0.1) is 12.7 Å². The van der Waals surface area contributed by atoms with Crippen molar-refractivity contribution in [1.29, 1.82) is 0 Å². The van der Waals surface area contributed by atoms with Crippen LogP contribution in [0.5, 0.6) is 5.75 Å². The van der Waals surface area contributed by atoms with E-state index < -0.39 is 5.91 Å². The van der Waals surface area contributed by atoms with E-state index in [-0.39, 0.29) is 5.91 Å². The second-order valence-electron chi connectivity index (χ2n) is 4.44. The van der Waals surface area contributed by atoms with Crippen molar-refractivity contribution >= 4 is 11.8 Å². The zero-order valence-corrected chi connectivity index (χ0v) is 11.6. The first-order valence-corrected chi connectivity index (χ1v) is 6.42. The summed E-state index contributed by atoms with van der Waals surface area (Å²) in [5.41, 5.74) is 6.97. The van der Waals surface area contributed by atoms with Crippen LogP contribution < -0.4 is 15.8 Å². The summed E-state index contributed by atoms with van der Waals surface area (Å²) in [6.45, 7) is 0.357. The van der Waals surface area contributed by atoms with Gasteiger partial charge in [-0.25, -0.2) is 0 Å². The molecule has 2 aromatic rings. The van der Waals surface area contributed by atoms with Crippen molar-refractivity contribution in [2.45, 2.75) is 6.54 Å². The third-order valence-electron chi connectivity index (χ3n) is 3.04. The van der Waals surface area contributed by atoms with Crippen LogP contribution in [0, 0.1) is 0 Å². The quantitative estimate of drug-likeness (QED) is 0.877. The van der Waals surface area contributed by atoms with Gasteiger partial charge >= 0.3 is 0 Å². The van der Waals surface area contributed by atoms with Gasteiger partial charge in [0, 0.05) is 12.1 Å². The number of primary amides is 1. The largest absolute Gasteiger partial charge is 0.496 e. The van der Waals surface area contributed by atoms with E-state index in [9.17, 15) is 9.59 Å². The second-order valence-corrected chi connectivity index (χ2v) is 4.44. The maximum Gasteiger partial charge on any atom is 0.255 e. The van der Waals surface area contributed by atoms with Gasteiger partial charge in [0.15, 0.2) is 0 Å². The monoisotopic (exact) mass is 284 g/mol. The predicted molar refractivity (Wildman–Crippen MR) is 79.1 cm³/mol. The molecule has 0 aliphatic rings. The van der Waals surface area contributed by atoms with E-state index >= 15 is 0 Å². The van der Waals surface area contributed by atoms with Crippen LogP contribution in [0.2, 0.25) is 0 Å². The first-order chi connectivity index (χ1) is 10.1. The Morgan fingerprint density at radius 1 is 1.10 bits per heavy atom. The molecule has 0 aromatic heterocycles. The predicted octanol–water partition coefficient (Wildman–Crippen LogP) is 1.72. The molecule has 2 amide bonds. The molecule has 5 heteroatoms. The lowest BCUT2D eigenvalue weighted by molar-refractivity contribution is 0.0946. The Bertz CT molecular complexity index is 651. The van der Waals surface area contributed by atoms with E-state index in [1.54, 1.807) is 48.5 Å². The Morgan fingerprint density at radius 3 is 2.38 bits per heavy atom. The molecule has 0 fully saturated rings. The Hall–Kier alpha value is -2.82. The summed E-state index contributed by atoms with van der Waals surface area (Å²) in [6.07, 6.45) is 0. The first-order valence-electron chi connectivity index (χ1n) is 6.42. The van der Waals surface area contributed by atoms with Gasteiger partial charge in [-0.05, 0) is 29.8 Å². The minimum absolute atomic E-state index is 0.216. The smallest absolute Gasteiger partial charge is 0.255 e. The van der Waals surface area contributed by atoms with Gasteiger partial charge < -0.3 is 15.8 Å². The molecule has 0 spiro atoms. The van der Waals surface area contributed by atoms with E-state index in [4.69, 9.17) is 10.5 Å². The van der Waals surface area contributed by atoms with Gasteiger partial charge in [-0.1, -0.05) is 24.3 Å². The Kier molecular flexibility index (Phi) is 4.56. The molecule has 0 aliphatic heterocycles. The molecule has 0 bridgehead atoms. The maximum atomic E-state index is 12.1. The molecular weight excluding hydrogens is 268 g/mol. The van der Waals surface area contributed by atoms with E-state index in [0.29, 0.717) is 23.4 Å². The van der Waals surface area contributed by atoms with Crippen LogP contribution in [-0.4, -0.2) is 18.9 Å². The molecule has 0 saturated heterocycles. The standard InChI is InChI=1S/C16H16N2O3/c1-21-14-5-3-2-4-13(14)16(20)18-10-11-6-8-12(9-7-11)15(17)19/h2-9H,10H2,1H3,(H2,17,19)(H,18,20). The molecule has 0 unspecified atom stereocenters. The lowest BCUT2D eigenvalue weighted by Gasteiger charge is -2.09. The molecule has 108 valence electrons. The lowest BCUT2D eigenvalue weighted by atomic mass is 10.1. The van der Waals surface area contributed by atoms with Crippen molar-refractivity contribution in [1.82, 2.24) is 5.32 Å². The highest BCUT2D eigenvalue weighted by atomic mass is 16.5. The lowest BCUT2D eigenvalue weighted by Crippen LogP contribution is -2.23. The summed E-state index contributed by atoms with van der Waals surface area (Å²) >= 11 is 0. The SMILES string of the molecule is COc1ccccc1C(=O)NCc1ccc(C(N)=O)cc1. The fourth-order valence-corrected chi connectivity index (χ4v) is 1.90. The van der Waals surface area contributed by atoms with Crippen LogP contribution in [0.1, 0.15) is 26.3 Å². The van der Waals surface area contributed by atoms with Crippen LogP contribution in [0.4, 0.5) is 0 Å².